The molecule has 3 aromatic carbocycles. The first-order chi connectivity index (χ1) is 20.5. The normalized spacial score (nSPS) is 16.3. The molecule has 6 rings (SSSR count). The highest BCUT2D eigenvalue weighted by Crippen LogP contribution is 2.40. The molecule has 218 valence electrons. The molecule has 0 saturated carbocycles. The Bertz CT molecular complexity index is 1610. The van der Waals surface area contributed by atoms with Crippen molar-refractivity contribution in [3.63, 3.8) is 0 Å². The number of likely N-dealkylation sites (N-methyl/N-ethyl adjacent to an activating group) is 1. The monoisotopic (exact) mass is 567 g/mol. The number of aromatic nitrogens is 2. The molecule has 3 heterocycles. The third-order valence-electron chi connectivity index (χ3n) is 8.59. The Morgan fingerprint density at radius 2 is 1.67 bits per heavy atom. The van der Waals surface area contributed by atoms with E-state index in [1.54, 1.807) is 20.3 Å². The molecule has 1 unspecified atom stereocenters. The topological polar surface area (TPSA) is 80.1 Å². The number of imide groups is 1. The van der Waals surface area contributed by atoms with Crippen LogP contribution in [0.25, 0.3) is 11.0 Å². The van der Waals surface area contributed by atoms with Crippen molar-refractivity contribution in [1.29, 1.82) is 0 Å². The van der Waals surface area contributed by atoms with Crippen LogP contribution in [0.4, 0.5) is 5.69 Å². The molecule has 0 spiro atoms. The molecular formula is C33H37N5O4. The van der Waals surface area contributed by atoms with Gasteiger partial charge >= 0.3 is 0 Å². The van der Waals surface area contributed by atoms with Crippen LogP contribution in [0, 0.1) is 0 Å². The van der Waals surface area contributed by atoms with E-state index in [2.05, 4.69) is 32.3 Å². The molecule has 0 radical (unpaired) electrons. The number of hydrogen-bond donors (Lipinski definition) is 0. The Hall–Kier alpha value is -4.37. The van der Waals surface area contributed by atoms with Gasteiger partial charge in [0.15, 0.2) is 11.5 Å². The third-order valence-corrected chi connectivity index (χ3v) is 8.59. The van der Waals surface area contributed by atoms with Gasteiger partial charge in [-0.3, -0.25) is 14.5 Å². The Kier molecular flexibility index (Phi) is 7.84. The number of carbonyl (C=O) groups is 2. The van der Waals surface area contributed by atoms with Gasteiger partial charge in [0.2, 0.25) is 0 Å². The van der Waals surface area contributed by atoms with Gasteiger partial charge in [-0.1, -0.05) is 31.2 Å². The molecule has 0 N–H and O–H groups in total. The third kappa shape index (κ3) is 4.98. The highest BCUT2D eigenvalue weighted by Gasteiger charge is 2.43. The van der Waals surface area contributed by atoms with Gasteiger partial charge in [-0.2, -0.15) is 0 Å². The van der Waals surface area contributed by atoms with E-state index >= 15 is 0 Å². The van der Waals surface area contributed by atoms with Gasteiger partial charge in [0.1, 0.15) is 0 Å². The summed E-state index contributed by atoms with van der Waals surface area (Å²) in [5, 5.41) is 0. The fourth-order valence-corrected chi connectivity index (χ4v) is 6.29. The molecule has 2 amide bonds. The number of amides is 2. The molecule has 9 heteroatoms. The molecule has 1 atom stereocenters. The molecule has 1 fully saturated rings. The first-order valence-corrected chi connectivity index (χ1v) is 14.6. The molecule has 1 saturated heterocycles. The SMILES string of the molecule is CCN1CCN(c2cccc3c2C(=O)N(C(CCCn2cnc4ccccc42)c2ccc(OC)c(OC)c2)C3=O)CC1. The maximum Gasteiger partial charge on any atom is 0.264 e. The summed E-state index contributed by atoms with van der Waals surface area (Å²) < 4.78 is 13.2. The van der Waals surface area contributed by atoms with E-state index in [1.165, 1.54) is 4.90 Å². The van der Waals surface area contributed by atoms with Crippen LogP contribution >= 0.6 is 0 Å². The molecule has 9 nitrogen and oxygen atoms in total. The number of carbonyl (C=O) groups excluding carboxylic acids is 2. The summed E-state index contributed by atoms with van der Waals surface area (Å²) in [5.41, 5.74) is 4.67. The van der Waals surface area contributed by atoms with E-state index in [0.29, 0.717) is 35.6 Å². The number of anilines is 1. The minimum absolute atomic E-state index is 0.239. The van der Waals surface area contributed by atoms with Gasteiger partial charge in [-0.25, -0.2) is 4.98 Å². The minimum Gasteiger partial charge on any atom is -0.493 e. The molecule has 1 aromatic heterocycles. The summed E-state index contributed by atoms with van der Waals surface area (Å²) in [6.07, 6.45) is 3.17. The number of ether oxygens (including phenoxy) is 2. The summed E-state index contributed by atoms with van der Waals surface area (Å²) in [4.78, 5) is 38.9. The van der Waals surface area contributed by atoms with E-state index in [9.17, 15) is 9.59 Å². The molecule has 4 aromatic rings. The smallest absolute Gasteiger partial charge is 0.264 e. The number of nitrogens with zero attached hydrogens (tertiary/aromatic N) is 5. The van der Waals surface area contributed by atoms with E-state index < -0.39 is 6.04 Å². The highest BCUT2D eigenvalue weighted by molar-refractivity contribution is 6.24. The van der Waals surface area contributed by atoms with Gasteiger partial charge < -0.3 is 23.8 Å². The fourth-order valence-electron chi connectivity index (χ4n) is 6.29. The van der Waals surface area contributed by atoms with Crippen LogP contribution in [0.1, 0.15) is 52.1 Å². The first kappa shape index (κ1) is 27.8. The number of imidazole rings is 1. The van der Waals surface area contributed by atoms with Crippen molar-refractivity contribution in [3.8, 4) is 11.5 Å². The second-order valence-corrected chi connectivity index (χ2v) is 10.8. The van der Waals surface area contributed by atoms with Crippen molar-refractivity contribution < 1.29 is 19.1 Å². The summed E-state index contributed by atoms with van der Waals surface area (Å²) in [6, 6.07) is 18.9. The van der Waals surface area contributed by atoms with Crippen LogP contribution in [0.15, 0.2) is 67.0 Å². The molecule has 2 aliphatic rings. The summed E-state index contributed by atoms with van der Waals surface area (Å²) in [7, 11) is 3.18. The van der Waals surface area contributed by atoms with Crippen molar-refractivity contribution >= 4 is 28.5 Å². The Morgan fingerprint density at radius 1 is 0.881 bits per heavy atom. The van der Waals surface area contributed by atoms with Crippen molar-refractivity contribution in [2.45, 2.75) is 32.4 Å². The number of aryl methyl sites for hydroxylation is 1. The van der Waals surface area contributed by atoms with Crippen molar-refractivity contribution in [1.82, 2.24) is 19.4 Å². The van der Waals surface area contributed by atoms with Gasteiger partial charge in [-0.05, 0) is 61.3 Å². The average molecular weight is 568 g/mol. The largest absolute Gasteiger partial charge is 0.493 e. The van der Waals surface area contributed by atoms with Crippen LogP contribution in [-0.4, -0.2) is 78.1 Å². The predicted molar refractivity (Wildman–Crippen MR) is 163 cm³/mol. The molecular weight excluding hydrogens is 530 g/mol. The second kappa shape index (κ2) is 11.9. The molecule has 2 aliphatic heterocycles. The lowest BCUT2D eigenvalue weighted by molar-refractivity contribution is 0.0571. The second-order valence-electron chi connectivity index (χ2n) is 10.8. The summed E-state index contributed by atoms with van der Waals surface area (Å²) in [6.45, 7) is 7.40. The van der Waals surface area contributed by atoms with Crippen LogP contribution in [-0.2, 0) is 6.54 Å². The van der Waals surface area contributed by atoms with E-state index in [1.807, 2.05) is 54.9 Å². The quantitative estimate of drug-likeness (QED) is 0.249. The van der Waals surface area contributed by atoms with Crippen LogP contribution in [0.5, 0.6) is 11.5 Å². The van der Waals surface area contributed by atoms with E-state index in [4.69, 9.17) is 9.47 Å². The van der Waals surface area contributed by atoms with Gasteiger partial charge in [0.25, 0.3) is 11.8 Å². The Balaban J connectivity index is 1.32. The van der Waals surface area contributed by atoms with Crippen LogP contribution in [0.2, 0.25) is 0 Å². The minimum atomic E-state index is -0.475. The van der Waals surface area contributed by atoms with Gasteiger partial charge in [0, 0.05) is 32.7 Å². The number of rotatable bonds is 10. The van der Waals surface area contributed by atoms with E-state index in [0.717, 1.165) is 61.4 Å². The highest BCUT2D eigenvalue weighted by atomic mass is 16.5. The average Bonchev–Trinajstić information content (AvgIpc) is 3.56. The van der Waals surface area contributed by atoms with Crippen molar-refractivity contribution in [2.24, 2.45) is 0 Å². The Labute approximate surface area is 246 Å². The number of methoxy groups -OCH3 is 2. The van der Waals surface area contributed by atoms with Gasteiger partial charge in [-0.15, -0.1) is 0 Å². The summed E-state index contributed by atoms with van der Waals surface area (Å²) in [5.74, 6) is 0.667. The van der Waals surface area contributed by atoms with E-state index in [-0.39, 0.29) is 11.8 Å². The zero-order valence-electron chi connectivity index (χ0n) is 24.5. The Morgan fingerprint density at radius 3 is 2.43 bits per heavy atom. The van der Waals surface area contributed by atoms with Crippen molar-refractivity contribution in [3.05, 3.63) is 83.7 Å². The number of para-hydroxylation sites is 2. The number of hydrogen-bond acceptors (Lipinski definition) is 7. The zero-order valence-corrected chi connectivity index (χ0v) is 24.5. The lowest BCUT2D eigenvalue weighted by Gasteiger charge is -2.36. The molecule has 0 bridgehead atoms. The van der Waals surface area contributed by atoms with Crippen LogP contribution in [0.3, 0.4) is 0 Å². The maximum atomic E-state index is 14.2. The van der Waals surface area contributed by atoms with Crippen molar-refractivity contribution in [2.75, 3.05) is 51.8 Å². The number of fused-ring (bicyclic) bond motifs is 2. The standard InChI is InChI=1S/C33H37N5O4/c1-4-35-17-19-36(20-18-35)28-12-7-9-24-31(28)33(40)38(32(24)39)26(23-14-15-29(41-2)30(21-23)42-3)13-8-16-37-22-34-25-10-5-6-11-27(25)37/h5-7,9-12,14-15,21-22,26H,4,8,13,16-20H2,1-3H3. The number of benzene rings is 3. The van der Waals surface area contributed by atoms with Gasteiger partial charge in [0.05, 0.1) is 54.4 Å². The lowest BCUT2D eigenvalue weighted by Crippen LogP contribution is -2.46. The lowest BCUT2D eigenvalue weighted by atomic mass is 9.99. The first-order valence-electron chi connectivity index (χ1n) is 14.6. The molecule has 0 aliphatic carbocycles. The zero-order chi connectivity index (χ0) is 29.2. The fraction of sp³-hybridized carbons (Fsp3) is 0.364. The number of piperazine rings is 1. The predicted octanol–water partition coefficient (Wildman–Crippen LogP) is 5.01. The molecule has 42 heavy (non-hydrogen) atoms. The maximum absolute atomic E-state index is 14.2. The van der Waals surface area contributed by atoms with Crippen LogP contribution < -0.4 is 14.4 Å². The summed E-state index contributed by atoms with van der Waals surface area (Å²) >= 11 is 0.